The molecule has 0 amide bonds. The Kier molecular flexibility index (Phi) is 2.91. The summed E-state index contributed by atoms with van der Waals surface area (Å²) < 4.78 is 5.71. The van der Waals surface area contributed by atoms with Gasteiger partial charge in [0.15, 0.2) is 0 Å². The van der Waals surface area contributed by atoms with E-state index >= 15 is 0 Å². The molecule has 1 aliphatic rings. The van der Waals surface area contributed by atoms with Crippen molar-refractivity contribution in [3.05, 3.63) is 23.9 Å². The third-order valence-electron chi connectivity index (χ3n) is 2.70. The highest BCUT2D eigenvalue weighted by Gasteiger charge is 2.23. The van der Waals surface area contributed by atoms with Crippen molar-refractivity contribution in [2.75, 3.05) is 18.0 Å². The number of hydrogen-bond acceptors (Lipinski definition) is 3. The van der Waals surface area contributed by atoms with Crippen LogP contribution < -0.4 is 4.90 Å². The number of pyridine rings is 1. The molecule has 82 valence electrons. The summed E-state index contributed by atoms with van der Waals surface area (Å²) in [7, 11) is 0. The molecule has 1 aliphatic heterocycles. The first-order valence-corrected chi connectivity index (χ1v) is 5.49. The van der Waals surface area contributed by atoms with E-state index in [1.165, 1.54) is 5.56 Å². The van der Waals surface area contributed by atoms with Crippen LogP contribution in [0, 0.1) is 6.92 Å². The smallest absolute Gasteiger partial charge is 0.131 e. The Morgan fingerprint density at radius 3 is 2.60 bits per heavy atom. The van der Waals surface area contributed by atoms with Crippen molar-refractivity contribution in [3.8, 4) is 0 Å². The molecule has 0 N–H and O–H groups in total. The molecule has 1 aromatic heterocycles. The van der Waals surface area contributed by atoms with E-state index in [2.05, 4.69) is 36.7 Å². The van der Waals surface area contributed by atoms with E-state index in [0.29, 0.717) is 0 Å². The normalized spacial score (nSPS) is 26.7. The van der Waals surface area contributed by atoms with Gasteiger partial charge in [-0.15, -0.1) is 0 Å². The van der Waals surface area contributed by atoms with Crippen molar-refractivity contribution in [1.82, 2.24) is 4.98 Å². The van der Waals surface area contributed by atoms with Crippen LogP contribution >= 0.6 is 0 Å². The van der Waals surface area contributed by atoms with Crippen LogP contribution in [0.4, 0.5) is 5.82 Å². The van der Waals surface area contributed by atoms with E-state index in [1.807, 2.05) is 12.3 Å². The van der Waals surface area contributed by atoms with E-state index in [4.69, 9.17) is 4.74 Å². The average molecular weight is 206 g/mol. The van der Waals surface area contributed by atoms with Gasteiger partial charge in [-0.1, -0.05) is 6.07 Å². The molecule has 2 rings (SSSR count). The molecule has 3 heteroatoms. The fraction of sp³-hybridized carbons (Fsp3) is 0.583. The molecule has 15 heavy (non-hydrogen) atoms. The van der Waals surface area contributed by atoms with Gasteiger partial charge in [-0.25, -0.2) is 4.98 Å². The zero-order valence-corrected chi connectivity index (χ0v) is 9.60. The van der Waals surface area contributed by atoms with Crippen LogP contribution in [0.3, 0.4) is 0 Å². The summed E-state index contributed by atoms with van der Waals surface area (Å²) in [5.41, 5.74) is 1.24. The van der Waals surface area contributed by atoms with Crippen molar-refractivity contribution >= 4 is 5.82 Å². The van der Waals surface area contributed by atoms with E-state index in [9.17, 15) is 0 Å². The van der Waals surface area contributed by atoms with Crippen LogP contribution in [0.25, 0.3) is 0 Å². The number of hydrogen-bond donors (Lipinski definition) is 0. The summed E-state index contributed by atoms with van der Waals surface area (Å²) in [4.78, 5) is 6.75. The molecule has 0 bridgehead atoms. The number of rotatable bonds is 1. The van der Waals surface area contributed by atoms with E-state index in [0.717, 1.165) is 18.9 Å². The minimum atomic E-state index is 0.287. The number of anilines is 1. The quantitative estimate of drug-likeness (QED) is 0.702. The topological polar surface area (TPSA) is 25.4 Å². The summed E-state index contributed by atoms with van der Waals surface area (Å²) in [5, 5.41) is 0. The molecule has 0 saturated carbocycles. The Bertz CT molecular complexity index is 330. The highest BCUT2D eigenvalue weighted by Crippen LogP contribution is 2.20. The van der Waals surface area contributed by atoms with E-state index < -0.39 is 0 Å². The molecule has 1 saturated heterocycles. The van der Waals surface area contributed by atoms with Crippen LogP contribution in [0.1, 0.15) is 19.4 Å². The lowest BCUT2D eigenvalue weighted by Gasteiger charge is -2.36. The van der Waals surface area contributed by atoms with Crippen molar-refractivity contribution in [1.29, 1.82) is 0 Å². The van der Waals surface area contributed by atoms with E-state index in [-0.39, 0.29) is 12.2 Å². The van der Waals surface area contributed by atoms with Gasteiger partial charge in [-0.3, -0.25) is 0 Å². The summed E-state index contributed by atoms with van der Waals surface area (Å²) in [6.07, 6.45) is 2.43. The minimum Gasteiger partial charge on any atom is -0.372 e. The molecule has 2 heterocycles. The van der Waals surface area contributed by atoms with Gasteiger partial charge < -0.3 is 9.64 Å². The number of nitrogens with zero attached hydrogens (tertiary/aromatic N) is 2. The van der Waals surface area contributed by atoms with Gasteiger partial charge >= 0.3 is 0 Å². The summed E-state index contributed by atoms with van der Waals surface area (Å²) in [6.45, 7) is 8.19. The van der Waals surface area contributed by atoms with Crippen molar-refractivity contribution in [2.24, 2.45) is 0 Å². The number of morpholine rings is 1. The molecular formula is C12H18N2O. The highest BCUT2D eigenvalue weighted by molar-refractivity contribution is 5.46. The zero-order chi connectivity index (χ0) is 10.8. The van der Waals surface area contributed by atoms with Crippen molar-refractivity contribution in [2.45, 2.75) is 33.0 Å². The maximum atomic E-state index is 5.71. The lowest BCUT2D eigenvalue weighted by Crippen LogP contribution is -2.46. The largest absolute Gasteiger partial charge is 0.372 e. The van der Waals surface area contributed by atoms with Crippen LogP contribution in [0.15, 0.2) is 18.3 Å². The second kappa shape index (κ2) is 4.19. The molecule has 0 radical (unpaired) electrons. The molecule has 0 unspecified atom stereocenters. The summed E-state index contributed by atoms with van der Waals surface area (Å²) in [6, 6.07) is 4.08. The third kappa shape index (κ3) is 2.29. The lowest BCUT2D eigenvalue weighted by molar-refractivity contribution is -0.00548. The van der Waals surface area contributed by atoms with Crippen LogP contribution in [-0.4, -0.2) is 30.3 Å². The fourth-order valence-electron chi connectivity index (χ4n) is 2.16. The predicted molar refractivity (Wildman–Crippen MR) is 61.2 cm³/mol. The number of aryl methyl sites for hydroxylation is 1. The average Bonchev–Trinajstić information content (AvgIpc) is 2.16. The van der Waals surface area contributed by atoms with Gasteiger partial charge in [-0.05, 0) is 32.4 Å². The Morgan fingerprint density at radius 1 is 1.33 bits per heavy atom. The predicted octanol–water partition coefficient (Wildman–Crippen LogP) is 2.00. The molecular weight excluding hydrogens is 188 g/mol. The van der Waals surface area contributed by atoms with Crippen LogP contribution in [-0.2, 0) is 4.74 Å². The molecule has 0 aromatic carbocycles. The Morgan fingerprint density at radius 2 is 2.00 bits per heavy atom. The minimum absolute atomic E-state index is 0.287. The second-order valence-corrected chi connectivity index (χ2v) is 4.31. The van der Waals surface area contributed by atoms with Gasteiger partial charge in [0.2, 0.25) is 0 Å². The van der Waals surface area contributed by atoms with Crippen molar-refractivity contribution < 1.29 is 4.74 Å². The monoisotopic (exact) mass is 206 g/mol. The molecule has 1 aromatic rings. The zero-order valence-electron chi connectivity index (χ0n) is 9.60. The lowest BCUT2D eigenvalue weighted by atomic mass is 10.2. The molecule has 2 atom stereocenters. The van der Waals surface area contributed by atoms with Gasteiger partial charge in [0.25, 0.3) is 0 Å². The maximum absolute atomic E-state index is 5.71. The third-order valence-corrected chi connectivity index (χ3v) is 2.70. The van der Waals surface area contributed by atoms with Gasteiger partial charge in [0, 0.05) is 19.3 Å². The van der Waals surface area contributed by atoms with Crippen LogP contribution in [0.2, 0.25) is 0 Å². The van der Waals surface area contributed by atoms with Crippen molar-refractivity contribution in [3.63, 3.8) is 0 Å². The maximum Gasteiger partial charge on any atom is 0.131 e. The Hall–Kier alpha value is -1.09. The molecule has 0 spiro atoms. The van der Waals surface area contributed by atoms with Gasteiger partial charge in [0.1, 0.15) is 5.82 Å². The first-order valence-electron chi connectivity index (χ1n) is 5.49. The molecule has 3 nitrogen and oxygen atoms in total. The number of ether oxygens (including phenoxy) is 1. The highest BCUT2D eigenvalue weighted by atomic mass is 16.5. The van der Waals surface area contributed by atoms with Gasteiger partial charge in [-0.2, -0.15) is 0 Å². The fourth-order valence-corrected chi connectivity index (χ4v) is 2.16. The SMILES string of the molecule is Cc1cccnc1N1C[C@@H](C)O[C@@H](C)C1. The molecule has 1 fully saturated rings. The first-order chi connectivity index (χ1) is 7.16. The van der Waals surface area contributed by atoms with Crippen LogP contribution in [0.5, 0.6) is 0 Å². The number of aromatic nitrogens is 1. The summed E-state index contributed by atoms with van der Waals surface area (Å²) >= 11 is 0. The standard InChI is InChI=1S/C12H18N2O/c1-9-5-4-6-13-12(9)14-7-10(2)15-11(3)8-14/h4-6,10-11H,7-8H2,1-3H3/t10-,11+. The van der Waals surface area contributed by atoms with Gasteiger partial charge in [0.05, 0.1) is 12.2 Å². The summed E-state index contributed by atoms with van der Waals surface area (Å²) in [5.74, 6) is 1.10. The first kappa shape index (κ1) is 10.4. The Balaban J connectivity index is 2.20. The Labute approximate surface area is 91.1 Å². The molecule has 0 aliphatic carbocycles. The second-order valence-electron chi connectivity index (χ2n) is 4.31. The van der Waals surface area contributed by atoms with E-state index in [1.54, 1.807) is 0 Å².